The largest absolute Gasteiger partial charge is 0.462 e. The Kier molecular flexibility index (Phi) is 1.15. The molecule has 56 valence electrons. The molecule has 0 saturated heterocycles. The van der Waals surface area contributed by atoms with E-state index in [4.69, 9.17) is 10.2 Å². The van der Waals surface area contributed by atoms with Crippen molar-refractivity contribution in [2.75, 3.05) is 5.73 Å². The van der Waals surface area contributed by atoms with Gasteiger partial charge < -0.3 is 10.2 Å². The molecule has 1 heterocycles. The van der Waals surface area contributed by atoms with Crippen LogP contribution in [0.5, 0.6) is 0 Å². The Morgan fingerprint density at radius 2 is 2.09 bits per heavy atom. The maximum absolute atomic E-state index is 5.77. The molecule has 2 aromatic rings. The number of fused-ring (bicyclic) bond motifs is 1. The molecule has 0 spiro atoms. The van der Waals surface area contributed by atoms with E-state index in [0.717, 1.165) is 22.2 Å². The molecule has 2 heteroatoms. The number of rotatable bonds is 0. The molecule has 0 amide bonds. The second-order valence-corrected chi connectivity index (χ2v) is 2.64. The number of hydrogen-bond donors (Lipinski definition) is 1. The molecule has 0 saturated carbocycles. The maximum atomic E-state index is 5.77. The zero-order valence-corrected chi connectivity index (χ0v) is 6.29. The van der Waals surface area contributed by atoms with Gasteiger partial charge in [-0.3, -0.25) is 0 Å². The summed E-state index contributed by atoms with van der Waals surface area (Å²) in [4.78, 5) is 0. The molecule has 1 aromatic heterocycles. The van der Waals surface area contributed by atoms with Gasteiger partial charge in [0.15, 0.2) is 5.58 Å². The molecule has 1 aromatic carbocycles. The van der Waals surface area contributed by atoms with E-state index in [1.807, 2.05) is 25.1 Å². The van der Waals surface area contributed by atoms with Gasteiger partial charge in [-0.25, -0.2) is 0 Å². The van der Waals surface area contributed by atoms with Gasteiger partial charge in [0.2, 0.25) is 0 Å². The number of hydrogen-bond acceptors (Lipinski definition) is 2. The standard InChI is InChI=1S/C9H9NO/c1-6-2-3-7-4-5-11-9(7)8(6)10/h2-5H,10H2,1H3. The molecule has 0 radical (unpaired) electrons. The average molecular weight is 147 g/mol. The second-order valence-electron chi connectivity index (χ2n) is 2.64. The third kappa shape index (κ3) is 0.792. The van der Waals surface area contributed by atoms with Gasteiger partial charge in [0, 0.05) is 5.39 Å². The highest BCUT2D eigenvalue weighted by Crippen LogP contribution is 2.24. The summed E-state index contributed by atoms with van der Waals surface area (Å²) in [5.41, 5.74) is 8.37. The first-order chi connectivity index (χ1) is 5.29. The molecule has 11 heavy (non-hydrogen) atoms. The van der Waals surface area contributed by atoms with Crippen molar-refractivity contribution >= 4 is 16.7 Å². The Labute approximate surface area is 64.6 Å². The molecule has 0 aliphatic heterocycles. The Morgan fingerprint density at radius 3 is 2.91 bits per heavy atom. The summed E-state index contributed by atoms with van der Waals surface area (Å²) in [5, 5.41) is 1.06. The summed E-state index contributed by atoms with van der Waals surface area (Å²) in [6, 6.07) is 5.91. The van der Waals surface area contributed by atoms with Crippen molar-refractivity contribution in [1.82, 2.24) is 0 Å². The normalized spacial score (nSPS) is 10.6. The minimum absolute atomic E-state index is 0.743. The summed E-state index contributed by atoms with van der Waals surface area (Å²) < 4.78 is 5.20. The number of nitrogen functional groups attached to an aromatic ring is 1. The highest BCUT2D eigenvalue weighted by atomic mass is 16.3. The minimum atomic E-state index is 0.743. The van der Waals surface area contributed by atoms with E-state index in [1.54, 1.807) is 6.26 Å². The van der Waals surface area contributed by atoms with E-state index < -0.39 is 0 Å². The minimum Gasteiger partial charge on any atom is -0.462 e. The van der Waals surface area contributed by atoms with Crippen LogP contribution >= 0.6 is 0 Å². The quantitative estimate of drug-likeness (QED) is 0.581. The van der Waals surface area contributed by atoms with Gasteiger partial charge in [-0.2, -0.15) is 0 Å². The first-order valence-electron chi connectivity index (χ1n) is 3.51. The zero-order valence-electron chi connectivity index (χ0n) is 6.29. The van der Waals surface area contributed by atoms with E-state index in [0.29, 0.717) is 0 Å². The van der Waals surface area contributed by atoms with Crippen molar-refractivity contribution in [3.8, 4) is 0 Å². The van der Waals surface area contributed by atoms with Crippen LogP contribution in [-0.2, 0) is 0 Å². The summed E-state index contributed by atoms with van der Waals surface area (Å²) in [6.45, 7) is 1.97. The van der Waals surface area contributed by atoms with Crippen LogP contribution in [0.3, 0.4) is 0 Å². The van der Waals surface area contributed by atoms with Gasteiger partial charge >= 0.3 is 0 Å². The van der Waals surface area contributed by atoms with Gasteiger partial charge in [0.1, 0.15) is 0 Å². The van der Waals surface area contributed by atoms with E-state index >= 15 is 0 Å². The van der Waals surface area contributed by atoms with Crippen LogP contribution in [0.15, 0.2) is 28.9 Å². The summed E-state index contributed by atoms with van der Waals surface area (Å²) in [6.07, 6.45) is 1.65. The molecule has 0 atom stereocenters. The van der Waals surface area contributed by atoms with Crippen LogP contribution in [0.2, 0.25) is 0 Å². The number of nitrogens with two attached hydrogens (primary N) is 1. The zero-order chi connectivity index (χ0) is 7.84. The second kappa shape index (κ2) is 2.02. The Morgan fingerprint density at radius 1 is 1.27 bits per heavy atom. The van der Waals surface area contributed by atoms with Crippen molar-refractivity contribution in [3.63, 3.8) is 0 Å². The lowest BCUT2D eigenvalue weighted by atomic mass is 10.1. The predicted octanol–water partition coefficient (Wildman–Crippen LogP) is 2.32. The molecular formula is C9H9NO. The Bertz CT molecular complexity index is 389. The van der Waals surface area contributed by atoms with Crippen LogP contribution in [0.25, 0.3) is 11.0 Å². The topological polar surface area (TPSA) is 39.2 Å². The van der Waals surface area contributed by atoms with Crippen LogP contribution in [0, 0.1) is 6.92 Å². The number of anilines is 1. The molecule has 2 nitrogen and oxygen atoms in total. The van der Waals surface area contributed by atoms with Crippen molar-refractivity contribution in [2.24, 2.45) is 0 Å². The fraction of sp³-hybridized carbons (Fsp3) is 0.111. The molecule has 0 unspecified atom stereocenters. The lowest BCUT2D eigenvalue weighted by molar-refractivity contribution is 0.617. The lowest BCUT2D eigenvalue weighted by Gasteiger charge is -1.98. The van der Waals surface area contributed by atoms with E-state index in [9.17, 15) is 0 Å². The fourth-order valence-corrected chi connectivity index (χ4v) is 1.15. The van der Waals surface area contributed by atoms with Crippen LogP contribution in [0.1, 0.15) is 5.56 Å². The molecule has 0 aliphatic carbocycles. The van der Waals surface area contributed by atoms with Crippen LogP contribution in [-0.4, -0.2) is 0 Å². The Hall–Kier alpha value is -1.44. The van der Waals surface area contributed by atoms with Gasteiger partial charge in [-0.1, -0.05) is 12.1 Å². The van der Waals surface area contributed by atoms with Crippen LogP contribution < -0.4 is 5.73 Å². The van der Waals surface area contributed by atoms with Crippen LogP contribution in [0.4, 0.5) is 5.69 Å². The van der Waals surface area contributed by atoms with Gasteiger partial charge in [-0.05, 0) is 18.6 Å². The number of benzene rings is 1. The summed E-state index contributed by atoms with van der Waals surface area (Å²) in [5.74, 6) is 0. The van der Waals surface area contributed by atoms with Crippen molar-refractivity contribution in [2.45, 2.75) is 6.92 Å². The summed E-state index contributed by atoms with van der Waals surface area (Å²) in [7, 11) is 0. The third-order valence-corrected chi connectivity index (χ3v) is 1.88. The smallest absolute Gasteiger partial charge is 0.156 e. The molecule has 0 bridgehead atoms. The van der Waals surface area contributed by atoms with Gasteiger partial charge in [0.25, 0.3) is 0 Å². The van der Waals surface area contributed by atoms with Crippen molar-refractivity contribution in [3.05, 3.63) is 30.0 Å². The average Bonchev–Trinajstić information content (AvgIpc) is 2.45. The van der Waals surface area contributed by atoms with E-state index in [-0.39, 0.29) is 0 Å². The van der Waals surface area contributed by atoms with E-state index in [2.05, 4.69) is 0 Å². The molecular weight excluding hydrogens is 138 g/mol. The SMILES string of the molecule is Cc1ccc2ccoc2c1N. The number of furan rings is 1. The molecule has 2 rings (SSSR count). The maximum Gasteiger partial charge on any atom is 0.156 e. The monoisotopic (exact) mass is 147 g/mol. The van der Waals surface area contributed by atoms with Crippen molar-refractivity contribution < 1.29 is 4.42 Å². The lowest BCUT2D eigenvalue weighted by Crippen LogP contribution is -1.88. The highest BCUT2D eigenvalue weighted by molar-refractivity contribution is 5.89. The third-order valence-electron chi connectivity index (χ3n) is 1.88. The highest BCUT2D eigenvalue weighted by Gasteiger charge is 2.02. The molecule has 0 aliphatic rings. The number of aryl methyl sites for hydroxylation is 1. The molecule has 0 fully saturated rings. The first kappa shape index (κ1) is 6.28. The molecule has 2 N–H and O–H groups in total. The first-order valence-corrected chi connectivity index (χ1v) is 3.51. The predicted molar refractivity (Wildman–Crippen MR) is 45.4 cm³/mol. The summed E-state index contributed by atoms with van der Waals surface area (Å²) >= 11 is 0. The van der Waals surface area contributed by atoms with Gasteiger partial charge in [-0.15, -0.1) is 0 Å². The van der Waals surface area contributed by atoms with Gasteiger partial charge in [0.05, 0.1) is 12.0 Å². The van der Waals surface area contributed by atoms with Crippen molar-refractivity contribution in [1.29, 1.82) is 0 Å². The fourth-order valence-electron chi connectivity index (χ4n) is 1.15. The Balaban J connectivity index is 2.93. The van der Waals surface area contributed by atoms with E-state index in [1.165, 1.54) is 0 Å².